The van der Waals surface area contributed by atoms with Crippen molar-refractivity contribution in [2.75, 3.05) is 11.1 Å². The first kappa shape index (κ1) is 15.6. The van der Waals surface area contributed by atoms with Gasteiger partial charge >= 0.3 is 6.09 Å². The van der Waals surface area contributed by atoms with E-state index in [9.17, 15) is 4.79 Å². The molecule has 0 radical (unpaired) electrons. The van der Waals surface area contributed by atoms with Gasteiger partial charge in [0.15, 0.2) is 0 Å². The molecule has 2 aromatic carbocycles. The van der Waals surface area contributed by atoms with Gasteiger partial charge in [-0.2, -0.15) is 0 Å². The van der Waals surface area contributed by atoms with Crippen molar-refractivity contribution in [2.24, 2.45) is 0 Å². The summed E-state index contributed by atoms with van der Waals surface area (Å²) in [6, 6.07) is 15.6. The number of nitrogens with two attached hydrogens (primary N) is 1. The average Bonchev–Trinajstić information content (AvgIpc) is 2.60. The number of hydrogen-bond donors (Lipinski definition) is 4. The van der Waals surface area contributed by atoms with E-state index in [0.717, 1.165) is 27.7 Å². The molecular formula is C18H18N4O2. The Labute approximate surface area is 139 Å². The zero-order valence-electron chi connectivity index (χ0n) is 13.0. The van der Waals surface area contributed by atoms with Crippen LogP contribution in [0.2, 0.25) is 0 Å². The van der Waals surface area contributed by atoms with Gasteiger partial charge in [0.2, 0.25) is 0 Å². The highest BCUT2D eigenvalue weighted by molar-refractivity contribution is 5.96. The molecule has 3 rings (SSSR count). The quantitative estimate of drug-likeness (QED) is 0.578. The lowest BCUT2D eigenvalue weighted by atomic mass is 10.1. The minimum atomic E-state index is -1.03. The number of carboxylic acid groups (broad SMARTS) is 1. The van der Waals surface area contributed by atoms with Gasteiger partial charge in [0, 0.05) is 18.5 Å². The maximum Gasteiger partial charge on any atom is 0.404 e. The van der Waals surface area contributed by atoms with Crippen molar-refractivity contribution in [1.82, 2.24) is 10.3 Å². The number of amides is 1. The number of fused-ring (bicyclic) bond motifs is 1. The lowest BCUT2D eigenvalue weighted by Gasteiger charge is -2.12. The fourth-order valence-corrected chi connectivity index (χ4v) is 2.50. The summed E-state index contributed by atoms with van der Waals surface area (Å²) in [4.78, 5) is 14.8. The molecule has 0 aliphatic carbocycles. The Kier molecular flexibility index (Phi) is 4.47. The molecular weight excluding hydrogens is 304 g/mol. The number of para-hydroxylation sites is 1. The van der Waals surface area contributed by atoms with E-state index >= 15 is 0 Å². The Morgan fingerprint density at radius 1 is 1.04 bits per heavy atom. The third-order valence-electron chi connectivity index (χ3n) is 3.74. The van der Waals surface area contributed by atoms with Gasteiger partial charge in [-0.3, -0.25) is 4.98 Å². The molecule has 0 saturated carbocycles. The fraction of sp³-hybridized carbons (Fsp3) is 0.111. The van der Waals surface area contributed by atoms with E-state index in [1.54, 1.807) is 6.20 Å². The summed E-state index contributed by atoms with van der Waals surface area (Å²) in [5.41, 5.74) is 10.4. The number of rotatable bonds is 5. The molecule has 0 unspecified atom stereocenters. The number of nitrogens with one attached hydrogen (secondary N) is 2. The summed E-state index contributed by atoms with van der Waals surface area (Å²) in [7, 11) is 0. The van der Waals surface area contributed by atoms with Crippen LogP contribution in [0.25, 0.3) is 10.9 Å². The van der Waals surface area contributed by atoms with Crippen LogP contribution in [-0.2, 0) is 13.1 Å². The number of pyridine rings is 1. The SMILES string of the molecule is Nc1cnc2ccccc2c1NCc1ccc(CNC(=O)O)cc1. The van der Waals surface area contributed by atoms with Crippen LogP contribution in [0, 0.1) is 0 Å². The molecule has 0 bridgehead atoms. The van der Waals surface area contributed by atoms with Crippen LogP contribution in [0.3, 0.4) is 0 Å². The molecule has 0 saturated heterocycles. The van der Waals surface area contributed by atoms with Gasteiger partial charge in [0.25, 0.3) is 0 Å². The highest BCUT2D eigenvalue weighted by atomic mass is 16.4. The van der Waals surface area contributed by atoms with Gasteiger partial charge < -0.3 is 21.5 Å². The smallest absolute Gasteiger partial charge is 0.404 e. The van der Waals surface area contributed by atoms with E-state index in [4.69, 9.17) is 10.8 Å². The molecule has 122 valence electrons. The minimum Gasteiger partial charge on any atom is -0.465 e. The van der Waals surface area contributed by atoms with Crippen LogP contribution in [0.5, 0.6) is 0 Å². The Balaban J connectivity index is 1.72. The molecule has 0 atom stereocenters. The predicted molar refractivity (Wildman–Crippen MR) is 94.8 cm³/mol. The van der Waals surface area contributed by atoms with Crippen LogP contribution < -0.4 is 16.4 Å². The first-order valence-corrected chi connectivity index (χ1v) is 7.55. The maximum atomic E-state index is 10.5. The van der Waals surface area contributed by atoms with E-state index in [1.807, 2.05) is 48.5 Å². The van der Waals surface area contributed by atoms with Crippen molar-refractivity contribution in [3.63, 3.8) is 0 Å². The van der Waals surface area contributed by atoms with E-state index < -0.39 is 6.09 Å². The minimum absolute atomic E-state index is 0.297. The van der Waals surface area contributed by atoms with Crippen LogP contribution in [0.4, 0.5) is 16.2 Å². The van der Waals surface area contributed by atoms with Crippen molar-refractivity contribution < 1.29 is 9.90 Å². The maximum absolute atomic E-state index is 10.5. The molecule has 3 aromatic rings. The lowest BCUT2D eigenvalue weighted by Crippen LogP contribution is -2.19. The van der Waals surface area contributed by atoms with Gasteiger partial charge in [-0.05, 0) is 17.2 Å². The van der Waals surface area contributed by atoms with Crippen molar-refractivity contribution in [2.45, 2.75) is 13.1 Å². The highest BCUT2D eigenvalue weighted by Gasteiger charge is 2.06. The van der Waals surface area contributed by atoms with Crippen molar-refractivity contribution >= 4 is 28.4 Å². The first-order valence-electron chi connectivity index (χ1n) is 7.55. The normalized spacial score (nSPS) is 10.5. The number of nitrogens with zero attached hydrogens (tertiary/aromatic N) is 1. The molecule has 1 aromatic heterocycles. The molecule has 0 spiro atoms. The molecule has 5 N–H and O–H groups in total. The summed E-state index contributed by atoms with van der Waals surface area (Å²) in [6.07, 6.45) is 0.631. The largest absolute Gasteiger partial charge is 0.465 e. The number of aromatic nitrogens is 1. The summed E-state index contributed by atoms with van der Waals surface area (Å²) in [5.74, 6) is 0. The second-order valence-corrected chi connectivity index (χ2v) is 5.43. The molecule has 1 heterocycles. The molecule has 0 aliphatic heterocycles. The van der Waals surface area contributed by atoms with Crippen LogP contribution in [0.15, 0.2) is 54.7 Å². The van der Waals surface area contributed by atoms with E-state index in [2.05, 4.69) is 15.6 Å². The molecule has 6 heteroatoms. The number of anilines is 2. The monoisotopic (exact) mass is 322 g/mol. The van der Waals surface area contributed by atoms with E-state index in [1.165, 1.54) is 0 Å². The van der Waals surface area contributed by atoms with Gasteiger partial charge in [-0.25, -0.2) is 4.79 Å². The first-order chi connectivity index (χ1) is 11.6. The summed E-state index contributed by atoms with van der Waals surface area (Å²) in [6.45, 7) is 0.913. The zero-order valence-corrected chi connectivity index (χ0v) is 13.0. The Morgan fingerprint density at radius 3 is 2.42 bits per heavy atom. The highest BCUT2D eigenvalue weighted by Crippen LogP contribution is 2.27. The third kappa shape index (κ3) is 3.55. The van der Waals surface area contributed by atoms with Crippen molar-refractivity contribution in [3.05, 3.63) is 65.9 Å². The van der Waals surface area contributed by atoms with E-state index in [-0.39, 0.29) is 0 Å². The van der Waals surface area contributed by atoms with Gasteiger partial charge in [0.05, 0.1) is 23.1 Å². The van der Waals surface area contributed by atoms with Gasteiger partial charge in [0.1, 0.15) is 0 Å². The predicted octanol–water partition coefficient (Wildman–Crippen LogP) is 3.20. The standard InChI is InChI=1S/C18H18N4O2/c19-15-11-20-16-4-2-1-3-14(16)17(15)21-9-12-5-7-13(8-6-12)10-22-18(23)24/h1-8,11,22H,9-10,19H2,(H,20,21)(H,23,24). The van der Waals surface area contributed by atoms with Gasteiger partial charge in [-0.1, -0.05) is 42.5 Å². The third-order valence-corrected chi connectivity index (χ3v) is 3.74. The molecule has 6 nitrogen and oxygen atoms in total. The molecule has 0 aliphatic rings. The molecule has 0 fully saturated rings. The zero-order chi connectivity index (χ0) is 16.9. The van der Waals surface area contributed by atoms with Crippen LogP contribution in [0.1, 0.15) is 11.1 Å². The fourth-order valence-electron chi connectivity index (χ4n) is 2.50. The van der Waals surface area contributed by atoms with Crippen LogP contribution >= 0.6 is 0 Å². The lowest BCUT2D eigenvalue weighted by molar-refractivity contribution is 0.194. The summed E-state index contributed by atoms with van der Waals surface area (Å²) < 4.78 is 0. The second-order valence-electron chi connectivity index (χ2n) is 5.43. The second kappa shape index (κ2) is 6.87. The Bertz CT molecular complexity index is 863. The average molecular weight is 322 g/mol. The van der Waals surface area contributed by atoms with Crippen molar-refractivity contribution in [3.8, 4) is 0 Å². The van der Waals surface area contributed by atoms with Gasteiger partial charge in [-0.15, -0.1) is 0 Å². The number of nitrogen functional groups attached to an aromatic ring is 1. The topological polar surface area (TPSA) is 100 Å². The molecule has 24 heavy (non-hydrogen) atoms. The number of hydrogen-bond acceptors (Lipinski definition) is 4. The Morgan fingerprint density at radius 2 is 1.71 bits per heavy atom. The summed E-state index contributed by atoms with van der Waals surface area (Å²) in [5, 5.41) is 15.3. The van der Waals surface area contributed by atoms with Crippen LogP contribution in [-0.4, -0.2) is 16.2 Å². The number of carbonyl (C=O) groups is 1. The number of benzene rings is 2. The summed E-state index contributed by atoms with van der Waals surface area (Å²) >= 11 is 0. The molecule has 1 amide bonds. The Hall–Kier alpha value is -3.28. The van der Waals surface area contributed by atoms with Crippen molar-refractivity contribution in [1.29, 1.82) is 0 Å². The van der Waals surface area contributed by atoms with E-state index in [0.29, 0.717) is 18.8 Å².